The second-order valence-corrected chi connectivity index (χ2v) is 4.81. The summed E-state index contributed by atoms with van der Waals surface area (Å²) in [5.74, 6) is 0.905. The van der Waals surface area contributed by atoms with Gasteiger partial charge in [-0.1, -0.05) is 6.92 Å². The Kier molecular flexibility index (Phi) is 3.82. The van der Waals surface area contributed by atoms with Crippen molar-refractivity contribution in [2.75, 3.05) is 13.2 Å². The maximum absolute atomic E-state index is 5.97. The molecule has 2 heteroatoms. The van der Waals surface area contributed by atoms with Crippen molar-refractivity contribution in [1.29, 1.82) is 0 Å². The summed E-state index contributed by atoms with van der Waals surface area (Å²) in [6, 6.07) is 0.647. The average Bonchev–Trinajstić information content (AvgIpc) is 2.92. The van der Waals surface area contributed by atoms with Gasteiger partial charge in [0.25, 0.3) is 0 Å². The number of hydrogen-bond acceptors (Lipinski definition) is 2. The Balaban J connectivity index is 1.66. The van der Waals surface area contributed by atoms with Crippen molar-refractivity contribution >= 4 is 0 Å². The predicted octanol–water partition coefficient (Wildman–Crippen LogP) is 2.33. The molecule has 0 spiro atoms. The first-order valence-corrected chi connectivity index (χ1v) is 6.25. The molecule has 0 radical (unpaired) electrons. The van der Waals surface area contributed by atoms with Gasteiger partial charge >= 0.3 is 0 Å². The van der Waals surface area contributed by atoms with Crippen molar-refractivity contribution in [3.8, 4) is 0 Å². The minimum Gasteiger partial charge on any atom is -0.376 e. The lowest BCUT2D eigenvalue weighted by atomic mass is 10.2. The molecule has 0 aromatic heterocycles. The third kappa shape index (κ3) is 2.96. The quantitative estimate of drug-likeness (QED) is 0.705. The molecular formula is C12H23NO. The molecule has 2 unspecified atom stereocenters. The third-order valence-corrected chi connectivity index (χ3v) is 3.35. The highest BCUT2D eigenvalue weighted by Crippen LogP contribution is 2.31. The molecule has 2 saturated carbocycles. The highest BCUT2D eigenvalue weighted by Gasteiger charge is 2.30. The minimum absolute atomic E-state index is 0.516. The van der Waals surface area contributed by atoms with Gasteiger partial charge in [-0.2, -0.15) is 0 Å². The lowest BCUT2D eigenvalue weighted by Gasteiger charge is -2.21. The van der Waals surface area contributed by atoms with Crippen LogP contribution in [0.5, 0.6) is 0 Å². The fourth-order valence-corrected chi connectivity index (χ4v) is 2.23. The monoisotopic (exact) mass is 197 g/mol. The molecule has 0 heterocycles. The van der Waals surface area contributed by atoms with Crippen LogP contribution in [0.2, 0.25) is 0 Å². The summed E-state index contributed by atoms with van der Waals surface area (Å²) in [7, 11) is 0. The Bertz CT molecular complexity index is 168. The van der Waals surface area contributed by atoms with Gasteiger partial charge < -0.3 is 10.1 Å². The first-order chi connectivity index (χ1) is 6.90. The molecule has 14 heavy (non-hydrogen) atoms. The van der Waals surface area contributed by atoms with Crippen LogP contribution in [-0.4, -0.2) is 25.3 Å². The van der Waals surface area contributed by atoms with E-state index in [-0.39, 0.29) is 0 Å². The van der Waals surface area contributed by atoms with Gasteiger partial charge in [-0.15, -0.1) is 0 Å². The van der Waals surface area contributed by atoms with E-state index in [4.69, 9.17) is 4.74 Å². The Morgan fingerprint density at radius 2 is 2.07 bits per heavy atom. The molecule has 2 fully saturated rings. The normalized spacial score (nSPS) is 32.4. The summed E-state index contributed by atoms with van der Waals surface area (Å²) in [6.07, 6.45) is 8.48. The van der Waals surface area contributed by atoms with Gasteiger partial charge in [0, 0.05) is 12.6 Å². The SMILES string of the molecule is CCCNC1CCCC1OCC1CC1. The fraction of sp³-hybridized carbons (Fsp3) is 1.00. The highest BCUT2D eigenvalue weighted by molar-refractivity contribution is 4.85. The van der Waals surface area contributed by atoms with Crippen molar-refractivity contribution in [2.24, 2.45) is 5.92 Å². The van der Waals surface area contributed by atoms with E-state index in [0.717, 1.165) is 19.1 Å². The van der Waals surface area contributed by atoms with E-state index in [0.29, 0.717) is 12.1 Å². The molecule has 2 nitrogen and oxygen atoms in total. The van der Waals surface area contributed by atoms with E-state index < -0.39 is 0 Å². The van der Waals surface area contributed by atoms with Crippen LogP contribution < -0.4 is 5.32 Å². The number of hydrogen-bond donors (Lipinski definition) is 1. The molecule has 0 bridgehead atoms. The topological polar surface area (TPSA) is 21.3 Å². The summed E-state index contributed by atoms with van der Waals surface area (Å²) in [6.45, 7) is 4.39. The number of nitrogens with one attached hydrogen (secondary N) is 1. The summed E-state index contributed by atoms with van der Waals surface area (Å²) in [5, 5.41) is 3.60. The van der Waals surface area contributed by atoms with Crippen molar-refractivity contribution < 1.29 is 4.74 Å². The van der Waals surface area contributed by atoms with Crippen LogP contribution in [0.3, 0.4) is 0 Å². The maximum Gasteiger partial charge on any atom is 0.0728 e. The Morgan fingerprint density at radius 1 is 1.21 bits per heavy atom. The summed E-state index contributed by atoms with van der Waals surface area (Å²) < 4.78 is 5.97. The molecule has 2 rings (SSSR count). The first kappa shape index (κ1) is 10.4. The van der Waals surface area contributed by atoms with Crippen LogP contribution in [0, 0.1) is 5.92 Å². The summed E-state index contributed by atoms with van der Waals surface area (Å²) >= 11 is 0. The van der Waals surface area contributed by atoms with Crippen LogP contribution in [0.25, 0.3) is 0 Å². The van der Waals surface area contributed by atoms with Gasteiger partial charge in [-0.05, 0) is 51.0 Å². The predicted molar refractivity (Wildman–Crippen MR) is 58.4 cm³/mol. The van der Waals surface area contributed by atoms with Gasteiger partial charge in [0.05, 0.1) is 6.10 Å². The molecule has 0 saturated heterocycles. The zero-order valence-corrected chi connectivity index (χ0v) is 9.30. The van der Waals surface area contributed by atoms with Crippen LogP contribution in [-0.2, 0) is 4.74 Å². The zero-order valence-electron chi connectivity index (χ0n) is 9.30. The fourth-order valence-electron chi connectivity index (χ4n) is 2.23. The van der Waals surface area contributed by atoms with Crippen LogP contribution in [0.15, 0.2) is 0 Å². The molecule has 2 aliphatic rings. The Labute approximate surface area is 87.4 Å². The van der Waals surface area contributed by atoms with E-state index in [1.54, 1.807) is 0 Å². The standard InChI is InChI=1S/C12H23NO/c1-2-8-13-11-4-3-5-12(11)14-9-10-6-7-10/h10-13H,2-9H2,1H3. The van der Waals surface area contributed by atoms with E-state index in [2.05, 4.69) is 12.2 Å². The largest absolute Gasteiger partial charge is 0.376 e. The lowest BCUT2D eigenvalue weighted by molar-refractivity contribution is 0.0334. The molecule has 2 atom stereocenters. The van der Waals surface area contributed by atoms with E-state index in [1.165, 1.54) is 38.5 Å². The van der Waals surface area contributed by atoms with E-state index >= 15 is 0 Å². The Morgan fingerprint density at radius 3 is 2.79 bits per heavy atom. The lowest BCUT2D eigenvalue weighted by Crippen LogP contribution is -2.38. The molecule has 0 amide bonds. The Hall–Kier alpha value is -0.0800. The molecule has 0 aliphatic heterocycles. The molecule has 1 N–H and O–H groups in total. The van der Waals surface area contributed by atoms with Gasteiger partial charge in [0.2, 0.25) is 0 Å². The number of ether oxygens (including phenoxy) is 1. The first-order valence-electron chi connectivity index (χ1n) is 6.25. The van der Waals surface area contributed by atoms with Crippen molar-refractivity contribution in [1.82, 2.24) is 5.32 Å². The molecule has 2 aliphatic carbocycles. The van der Waals surface area contributed by atoms with Crippen molar-refractivity contribution in [3.63, 3.8) is 0 Å². The minimum atomic E-state index is 0.516. The molecule has 82 valence electrons. The van der Waals surface area contributed by atoms with Gasteiger partial charge in [-0.25, -0.2) is 0 Å². The van der Waals surface area contributed by atoms with Crippen molar-refractivity contribution in [2.45, 2.75) is 57.6 Å². The second kappa shape index (κ2) is 5.13. The van der Waals surface area contributed by atoms with Crippen LogP contribution >= 0.6 is 0 Å². The van der Waals surface area contributed by atoms with Crippen LogP contribution in [0.4, 0.5) is 0 Å². The van der Waals surface area contributed by atoms with Gasteiger partial charge in [0.1, 0.15) is 0 Å². The average molecular weight is 197 g/mol. The smallest absolute Gasteiger partial charge is 0.0728 e. The van der Waals surface area contributed by atoms with Crippen molar-refractivity contribution in [3.05, 3.63) is 0 Å². The maximum atomic E-state index is 5.97. The highest BCUT2D eigenvalue weighted by atomic mass is 16.5. The molecule has 0 aromatic carbocycles. The van der Waals surface area contributed by atoms with Crippen LogP contribution in [0.1, 0.15) is 45.4 Å². The van der Waals surface area contributed by atoms with Gasteiger partial charge in [-0.3, -0.25) is 0 Å². The molecular weight excluding hydrogens is 174 g/mol. The summed E-state index contributed by atoms with van der Waals surface area (Å²) in [4.78, 5) is 0. The summed E-state index contributed by atoms with van der Waals surface area (Å²) in [5.41, 5.74) is 0. The zero-order chi connectivity index (χ0) is 9.80. The van der Waals surface area contributed by atoms with Gasteiger partial charge in [0.15, 0.2) is 0 Å². The van der Waals surface area contributed by atoms with E-state index in [9.17, 15) is 0 Å². The third-order valence-electron chi connectivity index (χ3n) is 3.35. The number of rotatable bonds is 6. The van der Waals surface area contributed by atoms with E-state index in [1.807, 2.05) is 0 Å². The molecule has 0 aromatic rings. The second-order valence-electron chi connectivity index (χ2n) is 4.81.